The predicted octanol–water partition coefficient (Wildman–Crippen LogP) is 6.09. The number of para-hydroxylation sites is 1. The van der Waals surface area contributed by atoms with Crippen LogP contribution in [0.2, 0.25) is 0 Å². The molecule has 6 heteroatoms. The summed E-state index contributed by atoms with van der Waals surface area (Å²) < 4.78 is 11.0. The molecule has 1 fully saturated rings. The molecular weight excluding hydrogens is 420 g/mol. The molecule has 0 saturated carbocycles. The van der Waals surface area contributed by atoms with Crippen molar-refractivity contribution >= 4 is 34.6 Å². The zero-order chi connectivity index (χ0) is 22.1. The number of carbonyl (C=O) groups excluding carboxylic acids is 1. The van der Waals surface area contributed by atoms with Crippen molar-refractivity contribution in [3.63, 3.8) is 0 Å². The number of amidine groups is 1. The highest BCUT2D eigenvalue weighted by Gasteiger charge is 2.37. The van der Waals surface area contributed by atoms with Gasteiger partial charge < -0.3 is 9.47 Å². The number of fused-ring (bicyclic) bond motifs is 1. The predicted molar refractivity (Wildman–Crippen MR) is 128 cm³/mol. The van der Waals surface area contributed by atoms with Crippen LogP contribution in [0.3, 0.4) is 0 Å². The molecule has 2 heterocycles. The lowest BCUT2D eigenvalue weighted by atomic mass is 10.1. The number of rotatable bonds is 4. The van der Waals surface area contributed by atoms with Gasteiger partial charge in [0.25, 0.3) is 5.91 Å². The maximum atomic E-state index is 13.6. The van der Waals surface area contributed by atoms with Crippen LogP contribution in [-0.4, -0.2) is 22.8 Å². The van der Waals surface area contributed by atoms with Gasteiger partial charge in [0.05, 0.1) is 16.6 Å². The molecule has 0 unspecified atom stereocenters. The summed E-state index contributed by atoms with van der Waals surface area (Å²) >= 11 is 1.40. The van der Waals surface area contributed by atoms with Gasteiger partial charge in [-0.25, -0.2) is 4.99 Å². The van der Waals surface area contributed by atoms with E-state index in [9.17, 15) is 4.79 Å². The highest BCUT2D eigenvalue weighted by Crippen LogP contribution is 2.41. The SMILES string of the molecule is Cc1cc2c(cc1/C=C1/SC(=Nc3ccccc3)N([C@H](C)c3ccccc3)C1=O)OCO2. The smallest absolute Gasteiger partial charge is 0.267 e. The van der Waals surface area contributed by atoms with Crippen molar-refractivity contribution in [2.75, 3.05) is 6.79 Å². The van der Waals surface area contributed by atoms with E-state index in [-0.39, 0.29) is 18.7 Å². The summed E-state index contributed by atoms with van der Waals surface area (Å²) in [5.74, 6) is 1.38. The Morgan fingerprint density at radius 3 is 2.38 bits per heavy atom. The Balaban J connectivity index is 1.55. The third-order valence-corrected chi connectivity index (χ3v) is 6.52. The molecule has 160 valence electrons. The number of hydrogen-bond acceptors (Lipinski definition) is 5. The minimum absolute atomic E-state index is 0.0573. The second kappa shape index (κ2) is 8.55. The van der Waals surface area contributed by atoms with Gasteiger partial charge in [-0.05, 0) is 72.6 Å². The van der Waals surface area contributed by atoms with Gasteiger partial charge in [-0.1, -0.05) is 48.5 Å². The van der Waals surface area contributed by atoms with Crippen molar-refractivity contribution < 1.29 is 14.3 Å². The van der Waals surface area contributed by atoms with E-state index in [0.717, 1.165) is 28.1 Å². The average Bonchev–Trinajstić information content (AvgIpc) is 3.38. The number of thioether (sulfide) groups is 1. The normalized spacial score (nSPS) is 18.6. The average molecular weight is 443 g/mol. The number of ether oxygens (including phenoxy) is 2. The third-order valence-electron chi connectivity index (χ3n) is 5.53. The lowest BCUT2D eigenvalue weighted by Crippen LogP contribution is -2.32. The standard InChI is InChI=1S/C26H22N2O3S/c1-17-13-22-23(31-16-30-22)14-20(17)15-24-25(29)28(18(2)19-9-5-3-6-10-19)26(32-24)27-21-11-7-4-8-12-21/h3-15,18H,16H2,1-2H3/b24-15+,27-26?/t18-/m1/s1. The number of nitrogens with zero attached hydrogens (tertiary/aromatic N) is 2. The van der Waals surface area contributed by atoms with Crippen molar-refractivity contribution in [3.05, 3.63) is 94.4 Å². The molecule has 5 rings (SSSR count). The van der Waals surface area contributed by atoms with Crippen LogP contribution in [0, 0.1) is 6.92 Å². The molecule has 0 bridgehead atoms. The van der Waals surface area contributed by atoms with Crippen LogP contribution in [0.15, 0.2) is 82.7 Å². The number of aliphatic imine (C=N–C) groups is 1. The van der Waals surface area contributed by atoms with E-state index < -0.39 is 0 Å². The molecule has 1 saturated heterocycles. The van der Waals surface area contributed by atoms with E-state index in [1.807, 2.05) is 92.7 Å². The molecule has 32 heavy (non-hydrogen) atoms. The summed E-state index contributed by atoms with van der Waals surface area (Å²) in [5.41, 5.74) is 3.82. The first kappa shape index (κ1) is 20.4. The van der Waals surface area contributed by atoms with E-state index in [0.29, 0.717) is 15.8 Å². The van der Waals surface area contributed by atoms with Gasteiger partial charge >= 0.3 is 0 Å². The summed E-state index contributed by atoms with van der Waals surface area (Å²) in [5, 5.41) is 0.669. The van der Waals surface area contributed by atoms with E-state index in [4.69, 9.17) is 14.5 Å². The fourth-order valence-electron chi connectivity index (χ4n) is 3.76. The van der Waals surface area contributed by atoms with E-state index in [2.05, 4.69) is 0 Å². The van der Waals surface area contributed by atoms with E-state index in [1.165, 1.54) is 11.8 Å². The summed E-state index contributed by atoms with van der Waals surface area (Å²) in [6.45, 7) is 4.25. The molecule has 1 amide bonds. The molecule has 0 N–H and O–H groups in total. The van der Waals surface area contributed by atoms with Crippen LogP contribution in [0.1, 0.15) is 29.7 Å². The molecule has 2 aliphatic heterocycles. The van der Waals surface area contributed by atoms with Gasteiger partial charge in [0.2, 0.25) is 6.79 Å². The molecule has 2 aliphatic rings. The van der Waals surface area contributed by atoms with E-state index >= 15 is 0 Å². The molecule has 1 atom stereocenters. The van der Waals surface area contributed by atoms with Crippen molar-refractivity contribution in [1.29, 1.82) is 0 Å². The topological polar surface area (TPSA) is 51.1 Å². The minimum atomic E-state index is -0.151. The molecule has 0 spiro atoms. The van der Waals surface area contributed by atoms with Crippen molar-refractivity contribution in [1.82, 2.24) is 4.90 Å². The van der Waals surface area contributed by atoms with Gasteiger partial charge in [-0.3, -0.25) is 9.69 Å². The molecular formula is C26H22N2O3S. The zero-order valence-corrected chi connectivity index (χ0v) is 18.6. The monoisotopic (exact) mass is 442 g/mol. The summed E-state index contributed by atoms with van der Waals surface area (Å²) in [6.07, 6.45) is 1.92. The molecule has 0 radical (unpaired) electrons. The number of amides is 1. The van der Waals surface area contributed by atoms with Crippen molar-refractivity contribution in [3.8, 4) is 11.5 Å². The zero-order valence-electron chi connectivity index (χ0n) is 17.8. The second-order valence-electron chi connectivity index (χ2n) is 7.66. The van der Waals surface area contributed by atoms with Crippen LogP contribution in [0.25, 0.3) is 6.08 Å². The van der Waals surface area contributed by atoms with Crippen LogP contribution < -0.4 is 9.47 Å². The number of benzene rings is 3. The van der Waals surface area contributed by atoms with Crippen LogP contribution in [-0.2, 0) is 4.79 Å². The molecule has 0 aliphatic carbocycles. The van der Waals surface area contributed by atoms with Crippen LogP contribution in [0.5, 0.6) is 11.5 Å². The van der Waals surface area contributed by atoms with Crippen LogP contribution >= 0.6 is 11.8 Å². The quantitative estimate of drug-likeness (QED) is 0.459. The summed E-state index contributed by atoms with van der Waals surface area (Å²) in [6, 6.07) is 23.5. The van der Waals surface area contributed by atoms with Crippen molar-refractivity contribution in [2.45, 2.75) is 19.9 Å². The Bertz CT molecular complexity index is 1220. The van der Waals surface area contributed by atoms with Gasteiger partial charge in [-0.2, -0.15) is 0 Å². The maximum Gasteiger partial charge on any atom is 0.267 e. The first-order chi connectivity index (χ1) is 15.6. The number of aryl methyl sites for hydroxylation is 1. The Morgan fingerprint density at radius 2 is 1.66 bits per heavy atom. The number of carbonyl (C=O) groups is 1. The highest BCUT2D eigenvalue weighted by molar-refractivity contribution is 8.18. The maximum absolute atomic E-state index is 13.6. The van der Waals surface area contributed by atoms with Gasteiger partial charge in [0.1, 0.15) is 0 Å². The lowest BCUT2D eigenvalue weighted by molar-refractivity contribution is -0.123. The Kier molecular flexibility index (Phi) is 5.45. The first-order valence-electron chi connectivity index (χ1n) is 10.4. The van der Waals surface area contributed by atoms with Gasteiger partial charge in [0, 0.05) is 0 Å². The van der Waals surface area contributed by atoms with Crippen molar-refractivity contribution in [2.24, 2.45) is 4.99 Å². The molecule has 3 aromatic rings. The molecule has 3 aromatic carbocycles. The molecule has 0 aromatic heterocycles. The highest BCUT2D eigenvalue weighted by atomic mass is 32.2. The largest absolute Gasteiger partial charge is 0.454 e. The van der Waals surface area contributed by atoms with Crippen LogP contribution in [0.4, 0.5) is 5.69 Å². The fraction of sp³-hybridized carbons (Fsp3) is 0.154. The van der Waals surface area contributed by atoms with E-state index in [1.54, 1.807) is 4.90 Å². The third kappa shape index (κ3) is 3.89. The van der Waals surface area contributed by atoms with Gasteiger partial charge in [0.15, 0.2) is 16.7 Å². The Hall–Kier alpha value is -3.51. The fourth-order valence-corrected chi connectivity index (χ4v) is 4.81. The Labute approximate surface area is 191 Å². The number of hydrogen-bond donors (Lipinski definition) is 0. The lowest BCUT2D eigenvalue weighted by Gasteiger charge is -2.24. The summed E-state index contributed by atoms with van der Waals surface area (Å²) in [4.78, 5) is 20.8. The van der Waals surface area contributed by atoms with Gasteiger partial charge in [-0.15, -0.1) is 0 Å². The summed E-state index contributed by atoms with van der Waals surface area (Å²) in [7, 11) is 0. The minimum Gasteiger partial charge on any atom is -0.454 e. The Morgan fingerprint density at radius 1 is 1.00 bits per heavy atom. The molecule has 5 nitrogen and oxygen atoms in total. The second-order valence-corrected chi connectivity index (χ2v) is 8.67. The first-order valence-corrected chi connectivity index (χ1v) is 11.2.